The quantitative estimate of drug-likeness (QED) is 0.112. The first-order valence-corrected chi connectivity index (χ1v) is 24.1. The Balaban J connectivity index is 1.05. The number of para-hydroxylation sites is 4. The zero-order chi connectivity index (χ0) is 42.2. The monoisotopic (exact) mass is 831 g/mol. The molecule has 0 N–H and O–H groups in total. The second-order valence-electron chi connectivity index (χ2n) is 16.8. The molecule has 3 aromatic heterocycles. The Bertz CT molecular complexity index is 3730. The smallest absolute Gasteiger partial charge is 0.179 e. The van der Waals surface area contributed by atoms with E-state index in [-0.39, 0.29) is 0 Å². The van der Waals surface area contributed by atoms with Gasteiger partial charge in [-0.3, -0.25) is 0 Å². The summed E-state index contributed by atoms with van der Waals surface area (Å²) in [5, 5.41) is 12.9. The van der Waals surface area contributed by atoms with Crippen molar-refractivity contribution < 1.29 is 0 Å². The van der Waals surface area contributed by atoms with Crippen LogP contribution in [0.2, 0.25) is 0 Å². The summed E-state index contributed by atoms with van der Waals surface area (Å²) in [7, 11) is -2.68. The van der Waals surface area contributed by atoms with Gasteiger partial charge in [0.1, 0.15) is 0 Å². The van der Waals surface area contributed by atoms with E-state index in [1.807, 2.05) is 0 Å². The molecule has 0 amide bonds. The van der Waals surface area contributed by atoms with Gasteiger partial charge in [0.25, 0.3) is 0 Å². The predicted octanol–water partition coefficient (Wildman–Crippen LogP) is 12.4. The van der Waals surface area contributed by atoms with E-state index in [0.717, 1.165) is 5.69 Å². The molecule has 0 aliphatic carbocycles. The minimum Gasteiger partial charge on any atom is -0.309 e. The molecule has 64 heavy (non-hydrogen) atoms. The molecule has 10 aromatic carbocycles. The molecule has 0 saturated carbocycles. The number of benzene rings is 10. The van der Waals surface area contributed by atoms with Crippen molar-refractivity contribution in [3.05, 3.63) is 249 Å². The summed E-state index contributed by atoms with van der Waals surface area (Å²) in [6.45, 7) is 0. The molecule has 0 spiro atoms. The molecule has 0 saturated heterocycles. The van der Waals surface area contributed by atoms with Crippen molar-refractivity contribution in [2.75, 3.05) is 0 Å². The van der Waals surface area contributed by atoms with Gasteiger partial charge in [-0.2, -0.15) is 0 Å². The van der Waals surface area contributed by atoms with Gasteiger partial charge in [-0.15, -0.1) is 0 Å². The first kappa shape index (κ1) is 36.5. The lowest BCUT2D eigenvalue weighted by atomic mass is 10.1. The average Bonchev–Trinajstić information content (AvgIpc) is 4.02. The average molecular weight is 832 g/mol. The van der Waals surface area contributed by atoms with Crippen LogP contribution in [-0.4, -0.2) is 21.8 Å². The molecule has 3 nitrogen and oxygen atoms in total. The molecule has 0 fully saturated rings. The van der Waals surface area contributed by atoms with Crippen LogP contribution in [0, 0.1) is 0 Å². The van der Waals surface area contributed by atoms with Crippen molar-refractivity contribution >= 4 is 94.2 Å². The van der Waals surface area contributed by atoms with Gasteiger partial charge < -0.3 is 13.7 Å². The second-order valence-corrected chi connectivity index (χ2v) is 20.6. The van der Waals surface area contributed by atoms with Crippen LogP contribution in [-0.2, 0) is 0 Å². The van der Waals surface area contributed by atoms with Crippen LogP contribution >= 0.6 is 0 Å². The van der Waals surface area contributed by atoms with Gasteiger partial charge in [0, 0.05) is 38.0 Å². The van der Waals surface area contributed by atoms with Crippen molar-refractivity contribution in [2.24, 2.45) is 0 Å². The van der Waals surface area contributed by atoms with E-state index >= 15 is 0 Å². The maximum absolute atomic E-state index is 2.68. The Morgan fingerprint density at radius 3 is 0.984 bits per heavy atom. The standard InChI is InChI=1S/C60H41N3Si/c1-4-20-43(21-5-1)64(44-22-6-2-7-23-44,45-24-8-3-9-25-45)46-40-38-42(39-41-46)61-53-32-16-12-28-49(53)59-55(61)34-18-36-57(59)63-54-33-17-13-29-50(54)60-56(35-19-37-58(60)63)62-51-30-14-10-26-47(51)48-27-11-15-31-52(48)62/h1-41H. The number of aromatic nitrogens is 3. The highest BCUT2D eigenvalue weighted by atomic mass is 28.3. The highest BCUT2D eigenvalue weighted by Gasteiger charge is 2.41. The molecule has 13 aromatic rings. The lowest BCUT2D eigenvalue weighted by Gasteiger charge is -2.34. The predicted molar refractivity (Wildman–Crippen MR) is 273 cm³/mol. The maximum atomic E-state index is 2.50. The zero-order valence-electron chi connectivity index (χ0n) is 35.0. The van der Waals surface area contributed by atoms with Gasteiger partial charge in [0.05, 0.1) is 44.5 Å². The SMILES string of the molecule is c1ccc([Si](c2ccccc2)(c2ccccc2)c2ccc(-n3c4ccccc4c4c(-n5c6ccccc6c6c(-n7c8ccccc8c8ccccc87)cccc65)cccc43)cc2)cc1. The third-order valence-corrected chi connectivity index (χ3v) is 18.4. The van der Waals surface area contributed by atoms with E-state index in [1.54, 1.807) is 0 Å². The van der Waals surface area contributed by atoms with Crippen molar-refractivity contribution in [2.45, 2.75) is 0 Å². The molecule has 300 valence electrons. The molecule has 3 heterocycles. The highest BCUT2D eigenvalue weighted by molar-refractivity contribution is 7.19. The Labute approximate surface area is 372 Å². The highest BCUT2D eigenvalue weighted by Crippen LogP contribution is 2.43. The maximum Gasteiger partial charge on any atom is 0.179 e. The number of hydrogen-bond acceptors (Lipinski definition) is 0. The topological polar surface area (TPSA) is 14.8 Å². The van der Waals surface area contributed by atoms with Gasteiger partial charge in [0.2, 0.25) is 0 Å². The summed E-state index contributed by atoms with van der Waals surface area (Å²) in [6, 6.07) is 92.1. The van der Waals surface area contributed by atoms with Gasteiger partial charge in [-0.05, 0) is 81.4 Å². The summed E-state index contributed by atoms with van der Waals surface area (Å²) < 4.78 is 7.43. The molecule has 0 unspecified atom stereocenters. The molecule has 0 aliphatic heterocycles. The lowest BCUT2D eigenvalue weighted by Crippen LogP contribution is -2.74. The van der Waals surface area contributed by atoms with E-state index in [2.05, 4.69) is 262 Å². The van der Waals surface area contributed by atoms with Crippen LogP contribution in [0.15, 0.2) is 249 Å². The number of hydrogen-bond donors (Lipinski definition) is 0. The Kier molecular flexibility index (Phi) is 8.23. The van der Waals surface area contributed by atoms with Crippen molar-refractivity contribution in [1.82, 2.24) is 13.7 Å². The Hall–Kier alpha value is -8.18. The normalized spacial score (nSPS) is 12.1. The third kappa shape index (κ3) is 5.21. The fourth-order valence-electron chi connectivity index (χ4n) is 11.0. The minimum absolute atomic E-state index is 1.14. The molecule has 0 atom stereocenters. The summed E-state index contributed by atoms with van der Waals surface area (Å²) in [5.74, 6) is 0. The van der Waals surface area contributed by atoms with E-state index in [1.165, 1.54) is 97.5 Å². The van der Waals surface area contributed by atoms with Gasteiger partial charge in [-0.1, -0.05) is 188 Å². The van der Waals surface area contributed by atoms with Crippen molar-refractivity contribution in [3.63, 3.8) is 0 Å². The van der Waals surface area contributed by atoms with Crippen LogP contribution < -0.4 is 20.7 Å². The number of fused-ring (bicyclic) bond motifs is 9. The molecule has 0 radical (unpaired) electrons. The Morgan fingerprint density at radius 1 is 0.219 bits per heavy atom. The fraction of sp³-hybridized carbons (Fsp3) is 0. The summed E-state index contributed by atoms with van der Waals surface area (Å²) in [4.78, 5) is 0. The van der Waals surface area contributed by atoms with E-state index in [9.17, 15) is 0 Å². The van der Waals surface area contributed by atoms with E-state index in [0.29, 0.717) is 0 Å². The minimum atomic E-state index is -2.68. The van der Waals surface area contributed by atoms with Gasteiger partial charge in [-0.25, -0.2) is 0 Å². The van der Waals surface area contributed by atoms with E-state index in [4.69, 9.17) is 0 Å². The molecule has 0 bridgehead atoms. The van der Waals surface area contributed by atoms with Crippen LogP contribution in [0.4, 0.5) is 0 Å². The largest absolute Gasteiger partial charge is 0.309 e. The lowest BCUT2D eigenvalue weighted by molar-refractivity contribution is 1.17. The van der Waals surface area contributed by atoms with Crippen LogP contribution in [0.1, 0.15) is 0 Å². The molecular formula is C60H41N3Si. The van der Waals surface area contributed by atoms with Crippen molar-refractivity contribution in [3.8, 4) is 17.1 Å². The van der Waals surface area contributed by atoms with Crippen LogP contribution in [0.3, 0.4) is 0 Å². The molecule has 0 aliphatic rings. The second kappa shape index (κ2) is 14.5. The molecule has 13 rings (SSSR count). The molecular weight excluding hydrogens is 791 g/mol. The zero-order valence-corrected chi connectivity index (χ0v) is 36.0. The summed E-state index contributed by atoms with van der Waals surface area (Å²) in [6.07, 6.45) is 0. The van der Waals surface area contributed by atoms with Gasteiger partial charge >= 0.3 is 0 Å². The van der Waals surface area contributed by atoms with Gasteiger partial charge in [0.15, 0.2) is 8.07 Å². The first-order chi connectivity index (χ1) is 31.8. The molecule has 4 heteroatoms. The summed E-state index contributed by atoms with van der Waals surface area (Å²) >= 11 is 0. The van der Waals surface area contributed by atoms with E-state index < -0.39 is 8.07 Å². The van der Waals surface area contributed by atoms with Crippen LogP contribution in [0.5, 0.6) is 0 Å². The number of nitrogens with zero attached hydrogens (tertiary/aromatic N) is 3. The fourth-order valence-corrected chi connectivity index (χ4v) is 15.8. The summed E-state index contributed by atoms with van der Waals surface area (Å²) in [5.41, 5.74) is 10.6. The first-order valence-electron chi connectivity index (χ1n) is 22.1. The third-order valence-electron chi connectivity index (χ3n) is 13.6. The van der Waals surface area contributed by atoms with Crippen molar-refractivity contribution in [1.29, 1.82) is 0 Å². The number of rotatable bonds is 7. The van der Waals surface area contributed by atoms with Crippen LogP contribution in [0.25, 0.3) is 82.5 Å². The Morgan fingerprint density at radius 2 is 0.531 bits per heavy atom.